The quantitative estimate of drug-likeness (QED) is 0.853. The first-order chi connectivity index (χ1) is 8.56. The van der Waals surface area contributed by atoms with E-state index in [1.165, 1.54) is 18.2 Å². The Morgan fingerprint density at radius 2 is 2.11 bits per heavy atom. The third kappa shape index (κ3) is 2.63. The molecule has 0 saturated carbocycles. The smallest absolute Gasteiger partial charge is 0.255 e. The molecule has 1 amide bonds. The Morgan fingerprint density at radius 3 is 2.78 bits per heavy atom. The van der Waals surface area contributed by atoms with Gasteiger partial charge in [-0.05, 0) is 37.3 Å². The van der Waals surface area contributed by atoms with Gasteiger partial charge in [-0.25, -0.2) is 9.37 Å². The van der Waals surface area contributed by atoms with Gasteiger partial charge >= 0.3 is 0 Å². The van der Waals surface area contributed by atoms with Crippen LogP contribution in [0, 0.1) is 12.7 Å². The van der Waals surface area contributed by atoms with E-state index >= 15 is 0 Å². The molecule has 0 aliphatic heterocycles. The van der Waals surface area contributed by atoms with Gasteiger partial charge in [0.15, 0.2) is 0 Å². The lowest BCUT2D eigenvalue weighted by molar-refractivity contribution is 0.102. The van der Waals surface area contributed by atoms with Crippen LogP contribution in [0.1, 0.15) is 16.1 Å². The number of nitrogens with zero attached hydrogens (tertiary/aromatic N) is 1. The van der Waals surface area contributed by atoms with Crippen molar-refractivity contribution in [3.63, 3.8) is 0 Å². The molecule has 0 aliphatic carbocycles. The lowest BCUT2D eigenvalue weighted by atomic mass is 10.2. The maximum absolute atomic E-state index is 13.0. The molecule has 1 heterocycles. The van der Waals surface area contributed by atoms with Gasteiger partial charge in [0.1, 0.15) is 11.6 Å². The Labute approximate surface area is 104 Å². The highest BCUT2D eigenvalue weighted by molar-refractivity contribution is 6.04. The monoisotopic (exact) mass is 245 g/mol. The second-order valence-electron chi connectivity index (χ2n) is 3.83. The highest BCUT2D eigenvalue weighted by Crippen LogP contribution is 2.15. The van der Waals surface area contributed by atoms with Crippen molar-refractivity contribution in [3.8, 4) is 0 Å². The molecule has 0 fully saturated rings. The van der Waals surface area contributed by atoms with E-state index in [-0.39, 0.29) is 11.5 Å². The summed E-state index contributed by atoms with van der Waals surface area (Å²) in [5, 5.41) is 2.66. The topological polar surface area (TPSA) is 68.0 Å². The van der Waals surface area contributed by atoms with Crippen LogP contribution in [0.25, 0.3) is 0 Å². The first-order valence-corrected chi connectivity index (χ1v) is 5.36. The molecule has 0 aliphatic rings. The van der Waals surface area contributed by atoms with Crippen LogP contribution in [0.5, 0.6) is 0 Å². The zero-order valence-electron chi connectivity index (χ0n) is 9.77. The molecule has 2 aromatic rings. The van der Waals surface area contributed by atoms with Gasteiger partial charge < -0.3 is 11.1 Å². The summed E-state index contributed by atoms with van der Waals surface area (Å²) < 4.78 is 13.0. The molecular weight excluding hydrogens is 233 g/mol. The van der Waals surface area contributed by atoms with Gasteiger partial charge in [0, 0.05) is 5.56 Å². The fraction of sp³-hybridized carbons (Fsp3) is 0.0769. The molecular formula is C13H12FN3O. The molecule has 1 aromatic carbocycles. The molecule has 0 spiro atoms. The first-order valence-electron chi connectivity index (χ1n) is 5.36. The van der Waals surface area contributed by atoms with Gasteiger partial charge in [0.25, 0.3) is 5.91 Å². The van der Waals surface area contributed by atoms with E-state index in [0.29, 0.717) is 17.2 Å². The number of aromatic nitrogens is 1. The summed E-state index contributed by atoms with van der Waals surface area (Å²) in [6.07, 6.45) is 0. The number of hydrogen-bond donors (Lipinski definition) is 2. The fourth-order valence-corrected chi connectivity index (χ4v) is 1.54. The summed E-state index contributed by atoms with van der Waals surface area (Å²) in [6.45, 7) is 1.73. The molecule has 3 N–H and O–H groups in total. The molecule has 0 saturated heterocycles. The molecule has 0 radical (unpaired) electrons. The maximum atomic E-state index is 13.0. The van der Waals surface area contributed by atoms with Crippen LogP contribution < -0.4 is 11.1 Å². The SMILES string of the molecule is Cc1nc(N)ccc1NC(=O)c1cccc(F)c1. The maximum Gasteiger partial charge on any atom is 0.255 e. The van der Waals surface area contributed by atoms with Crippen molar-refractivity contribution in [2.45, 2.75) is 6.92 Å². The number of halogens is 1. The van der Waals surface area contributed by atoms with E-state index < -0.39 is 5.82 Å². The predicted molar refractivity (Wildman–Crippen MR) is 67.7 cm³/mol. The molecule has 0 bridgehead atoms. The molecule has 2 rings (SSSR count). The van der Waals surface area contributed by atoms with Crippen molar-refractivity contribution in [2.24, 2.45) is 0 Å². The number of nitrogens with one attached hydrogen (secondary N) is 1. The Bertz CT molecular complexity index is 599. The number of carbonyl (C=O) groups is 1. The first kappa shape index (κ1) is 12.0. The summed E-state index contributed by atoms with van der Waals surface area (Å²) in [5.74, 6) is -0.449. The normalized spacial score (nSPS) is 10.1. The second-order valence-corrected chi connectivity index (χ2v) is 3.83. The molecule has 5 heteroatoms. The minimum atomic E-state index is -0.449. The number of nitrogen functional groups attached to an aromatic ring is 1. The van der Waals surface area contributed by atoms with Gasteiger partial charge in [-0.15, -0.1) is 0 Å². The minimum absolute atomic E-state index is 0.256. The predicted octanol–water partition coefficient (Wildman–Crippen LogP) is 2.36. The second kappa shape index (κ2) is 4.83. The van der Waals surface area contributed by atoms with E-state index in [4.69, 9.17) is 5.73 Å². The summed E-state index contributed by atoms with van der Waals surface area (Å²) in [6, 6.07) is 8.74. The third-order valence-corrected chi connectivity index (χ3v) is 2.44. The lowest BCUT2D eigenvalue weighted by Gasteiger charge is -2.08. The van der Waals surface area contributed by atoms with Crippen LogP contribution in [-0.2, 0) is 0 Å². The highest BCUT2D eigenvalue weighted by atomic mass is 19.1. The van der Waals surface area contributed by atoms with Gasteiger partial charge in [-0.1, -0.05) is 6.07 Å². The number of carbonyl (C=O) groups excluding carboxylic acids is 1. The molecule has 0 atom stereocenters. The molecule has 4 nitrogen and oxygen atoms in total. The number of anilines is 2. The molecule has 18 heavy (non-hydrogen) atoms. The highest BCUT2D eigenvalue weighted by Gasteiger charge is 2.09. The van der Waals surface area contributed by atoms with Crippen LogP contribution in [0.2, 0.25) is 0 Å². The standard InChI is InChI=1S/C13H12FN3O/c1-8-11(5-6-12(15)16-8)17-13(18)9-3-2-4-10(14)7-9/h2-7H,1H3,(H2,15,16)(H,17,18). The van der Waals surface area contributed by atoms with E-state index in [9.17, 15) is 9.18 Å². The summed E-state index contributed by atoms with van der Waals surface area (Å²) in [4.78, 5) is 15.9. The van der Waals surface area contributed by atoms with Crippen molar-refractivity contribution < 1.29 is 9.18 Å². The number of pyridine rings is 1. The van der Waals surface area contributed by atoms with Crippen molar-refractivity contribution in [1.82, 2.24) is 4.98 Å². The Hall–Kier alpha value is -2.43. The van der Waals surface area contributed by atoms with Crippen LogP contribution in [-0.4, -0.2) is 10.9 Å². The van der Waals surface area contributed by atoms with Crippen molar-refractivity contribution in [2.75, 3.05) is 11.1 Å². The van der Waals surface area contributed by atoms with Gasteiger partial charge in [-0.2, -0.15) is 0 Å². The molecule has 92 valence electrons. The Kier molecular flexibility index (Phi) is 3.23. The average Bonchev–Trinajstić information content (AvgIpc) is 2.32. The van der Waals surface area contributed by atoms with E-state index in [0.717, 1.165) is 0 Å². The van der Waals surface area contributed by atoms with Crippen molar-refractivity contribution in [3.05, 3.63) is 53.5 Å². The number of rotatable bonds is 2. The number of hydrogen-bond acceptors (Lipinski definition) is 3. The van der Waals surface area contributed by atoms with Gasteiger partial charge in [0.05, 0.1) is 11.4 Å². The zero-order valence-corrected chi connectivity index (χ0v) is 9.77. The van der Waals surface area contributed by atoms with E-state index in [1.54, 1.807) is 25.1 Å². The number of benzene rings is 1. The summed E-state index contributed by atoms with van der Waals surface area (Å²) >= 11 is 0. The molecule has 1 aromatic heterocycles. The largest absolute Gasteiger partial charge is 0.384 e. The van der Waals surface area contributed by atoms with Crippen LogP contribution in [0.3, 0.4) is 0 Å². The Balaban J connectivity index is 2.21. The van der Waals surface area contributed by atoms with Crippen molar-refractivity contribution in [1.29, 1.82) is 0 Å². The zero-order chi connectivity index (χ0) is 13.1. The third-order valence-electron chi connectivity index (χ3n) is 2.44. The van der Waals surface area contributed by atoms with Crippen molar-refractivity contribution >= 4 is 17.4 Å². The number of aryl methyl sites for hydroxylation is 1. The number of nitrogens with two attached hydrogens (primary N) is 1. The van der Waals surface area contributed by atoms with Gasteiger partial charge in [-0.3, -0.25) is 4.79 Å². The minimum Gasteiger partial charge on any atom is -0.384 e. The van der Waals surface area contributed by atoms with E-state index in [1.807, 2.05) is 0 Å². The van der Waals surface area contributed by atoms with E-state index in [2.05, 4.69) is 10.3 Å². The fourth-order valence-electron chi connectivity index (χ4n) is 1.54. The summed E-state index contributed by atoms with van der Waals surface area (Å²) in [7, 11) is 0. The van der Waals surface area contributed by atoms with Crippen LogP contribution >= 0.6 is 0 Å². The van der Waals surface area contributed by atoms with Gasteiger partial charge in [0.2, 0.25) is 0 Å². The van der Waals surface area contributed by atoms with Crippen LogP contribution in [0.15, 0.2) is 36.4 Å². The average molecular weight is 245 g/mol. The molecule has 0 unspecified atom stereocenters. The Morgan fingerprint density at radius 1 is 1.33 bits per heavy atom. The number of amides is 1. The summed E-state index contributed by atoms with van der Waals surface area (Å²) in [5.41, 5.74) is 6.94. The lowest BCUT2D eigenvalue weighted by Crippen LogP contribution is -2.13. The van der Waals surface area contributed by atoms with Crippen LogP contribution in [0.4, 0.5) is 15.9 Å².